The first-order chi connectivity index (χ1) is 9.25. The number of carboxylic acids is 1. The maximum Gasteiger partial charge on any atom is 0.303 e. The van der Waals surface area contributed by atoms with Gasteiger partial charge in [0.05, 0.1) is 0 Å². The van der Waals surface area contributed by atoms with Gasteiger partial charge in [0, 0.05) is 12.5 Å². The Kier molecular flexibility index (Phi) is 5.40. The number of hydrogen-bond acceptors (Lipinski definition) is 2. The molecule has 1 aliphatic heterocycles. The molecule has 3 nitrogen and oxygen atoms in total. The van der Waals surface area contributed by atoms with Crippen molar-refractivity contribution in [3.63, 3.8) is 0 Å². The minimum absolute atomic E-state index is 0.294. The van der Waals surface area contributed by atoms with Gasteiger partial charge >= 0.3 is 5.97 Å². The largest absolute Gasteiger partial charge is 0.481 e. The van der Waals surface area contributed by atoms with Crippen LogP contribution in [0.4, 0.5) is 0 Å². The van der Waals surface area contributed by atoms with Crippen LogP contribution in [-0.2, 0) is 11.2 Å². The number of carboxylic acid groups (broad SMARTS) is 1. The zero-order valence-corrected chi connectivity index (χ0v) is 11.4. The number of carbonyl (C=O) groups is 1. The Balaban J connectivity index is 1.74. The van der Waals surface area contributed by atoms with Gasteiger partial charge in [-0.25, -0.2) is 0 Å². The summed E-state index contributed by atoms with van der Waals surface area (Å²) in [5.41, 5.74) is 1.40. The monoisotopic (exact) mass is 261 g/mol. The van der Waals surface area contributed by atoms with Crippen LogP contribution in [0.15, 0.2) is 30.3 Å². The fourth-order valence-electron chi connectivity index (χ4n) is 2.93. The first-order valence-corrected chi connectivity index (χ1v) is 7.25. The van der Waals surface area contributed by atoms with Crippen molar-refractivity contribution in [1.82, 2.24) is 4.90 Å². The lowest BCUT2D eigenvalue weighted by molar-refractivity contribution is -0.137. The van der Waals surface area contributed by atoms with E-state index in [1.54, 1.807) is 0 Å². The molecular weight excluding hydrogens is 238 g/mol. The van der Waals surface area contributed by atoms with Gasteiger partial charge in [-0.15, -0.1) is 0 Å². The summed E-state index contributed by atoms with van der Waals surface area (Å²) >= 11 is 0. The Morgan fingerprint density at radius 2 is 2.11 bits per heavy atom. The lowest BCUT2D eigenvalue weighted by Crippen LogP contribution is -2.31. The van der Waals surface area contributed by atoms with Crippen LogP contribution < -0.4 is 0 Å². The third-order valence-electron chi connectivity index (χ3n) is 3.94. The number of nitrogens with zero attached hydrogens (tertiary/aromatic N) is 1. The van der Waals surface area contributed by atoms with E-state index < -0.39 is 5.97 Å². The lowest BCUT2D eigenvalue weighted by atomic mass is 10.0. The third-order valence-corrected chi connectivity index (χ3v) is 3.94. The molecule has 1 unspecified atom stereocenters. The summed E-state index contributed by atoms with van der Waals surface area (Å²) in [6.07, 6.45) is 5.91. The van der Waals surface area contributed by atoms with E-state index in [-0.39, 0.29) is 0 Å². The molecule has 1 aromatic rings. The highest BCUT2D eigenvalue weighted by Gasteiger charge is 2.23. The molecule has 1 aromatic carbocycles. The highest BCUT2D eigenvalue weighted by atomic mass is 16.4. The maximum absolute atomic E-state index is 10.5. The average Bonchev–Trinajstić information content (AvgIpc) is 2.85. The second kappa shape index (κ2) is 7.29. The van der Waals surface area contributed by atoms with Gasteiger partial charge in [-0.1, -0.05) is 30.3 Å². The molecule has 3 heteroatoms. The van der Waals surface area contributed by atoms with Crippen molar-refractivity contribution in [2.75, 3.05) is 13.1 Å². The molecule has 1 heterocycles. The van der Waals surface area contributed by atoms with E-state index in [1.807, 2.05) is 0 Å². The first kappa shape index (κ1) is 14.1. The molecule has 0 amide bonds. The third kappa shape index (κ3) is 4.67. The van der Waals surface area contributed by atoms with Crippen molar-refractivity contribution in [2.24, 2.45) is 0 Å². The van der Waals surface area contributed by atoms with Crippen LogP contribution in [0, 0.1) is 0 Å². The molecule has 104 valence electrons. The number of aliphatic carboxylic acids is 1. The normalized spacial score (nSPS) is 19.7. The highest BCUT2D eigenvalue weighted by Crippen LogP contribution is 2.22. The highest BCUT2D eigenvalue weighted by molar-refractivity contribution is 5.66. The zero-order chi connectivity index (χ0) is 13.5. The van der Waals surface area contributed by atoms with Gasteiger partial charge in [0.1, 0.15) is 0 Å². The summed E-state index contributed by atoms with van der Waals surface area (Å²) in [6, 6.07) is 11.3. The molecule has 1 fully saturated rings. The molecular formula is C16H23NO2. The van der Waals surface area contributed by atoms with Gasteiger partial charge in [0.2, 0.25) is 0 Å². The Bertz CT molecular complexity index is 391. The van der Waals surface area contributed by atoms with Crippen LogP contribution in [0.5, 0.6) is 0 Å². The van der Waals surface area contributed by atoms with Gasteiger partial charge in [-0.3, -0.25) is 4.79 Å². The van der Waals surface area contributed by atoms with Crippen molar-refractivity contribution in [2.45, 2.75) is 44.6 Å². The molecule has 1 aliphatic rings. The van der Waals surface area contributed by atoms with E-state index in [1.165, 1.54) is 24.8 Å². The van der Waals surface area contributed by atoms with Gasteiger partial charge in [-0.2, -0.15) is 0 Å². The summed E-state index contributed by atoms with van der Waals surface area (Å²) < 4.78 is 0. The Labute approximate surface area is 115 Å². The first-order valence-electron chi connectivity index (χ1n) is 7.25. The van der Waals surface area contributed by atoms with Crippen LogP contribution in [0.3, 0.4) is 0 Å². The number of rotatable bonds is 7. The van der Waals surface area contributed by atoms with Crippen molar-refractivity contribution in [1.29, 1.82) is 0 Å². The second-order valence-electron chi connectivity index (χ2n) is 5.35. The number of hydrogen-bond donors (Lipinski definition) is 1. The topological polar surface area (TPSA) is 40.5 Å². The fraction of sp³-hybridized carbons (Fsp3) is 0.562. The van der Waals surface area contributed by atoms with Gasteiger partial charge in [0.15, 0.2) is 0 Å². The van der Waals surface area contributed by atoms with Gasteiger partial charge in [0.25, 0.3) is 0 Å². The summed E-state index contributed by atoms with van der Waals surface area (Å²) in [5, 5.41) is 8.69. The van der Waals surface area contributed by atoms with E-state index in [0.717, 1.165) is 25.9 Å². The molecule has 1 saturated heterocycles. The SMILES string of the molecule is O=C(O)CCCN1CCCC1CCc1ccccc1. The van der Waals surface area contributed by atoms with Crippen LogP contribution in [-0.4, -0.2) is 35.1 Å². The molecule has 1 N–H and O–H groups in total. The Morgan fingerprint density at radius 1 is 1.32 bits per heavy atom. The molecule has 0 saturated carbocycles. The van der Waals surface area contributed by atoms with Crippen molar-refractivity contribution in [3.8, 4) is 0 Å². The number of aryl methyl sites for hydroxylation is 1. The average molecular weight is 261 g/mol. The second-order valence-corrected chi connectivity index (χ2v) is 5.35. The van der Waals surface area contributed by atoms with E-state index in [2.05, 4.69) is 35.2 Å². The van der Waals surface area contributed by atoms with Crippen molar-refractivity contribution in [3.05, 3.63) is 35.9 Å². The number of benzene rings is 1. The van der Waals surface area contributed by atoms with Crippen LogP contribution in [0.2, 0.25) is 0 Å². The summed E-state index contributed by atoms with van der Waals surface area (Å²) in [6.45, 7) is 2.07. The lowest BCUT2D eigenvalue weighted by Gasteiger charge is -2.24. The fourth-order valence-corrected chi connectivity index (χ4v) is 2.93. The molecule has 0 spiro atoms. The van der Waals surface area contributed by atoms with Gasteiger partial charge < -0.3 is 10.0 Å². The van der Waals surface area contributed by atoms with Gasteiger partial charge in [-0.05, 0) is 50.8 Å². The predicted molar refractivity (Wildman–Crippen MR) is 76.2 cm³/mol. The summed E-state index contributed by atoms with van der Waals surface area (Å²) in [5.74, 6) is -0.681. The minimum Gasteiger partial charge on any atom is -0.481 e. The van der Waals surface area contributed by atoms with Crippen molar-refractivity contribution < 1.29 is 9.90 Å². The molecule has 0 bridgehead atoms. The number of likely N-dealkylation sites (tertiary alicyclic amines) is 1. The van der Waals surface area contributed by atoms with E-state index >= 15 is 0 Å². The Hall–Kier alpha value is -1.35. The molecule has 19 heavy (non-hydrogen) atoms. The molecule has 2 rings (SSSR count). The van der Waals surface area contributed by atoms with Crippen LogP contribution in [0.1, 0.15) is 37.7 Å². The van der Waals surface area contributed by atoms with Crippen molar-refractivity contribution >= 4 is 5.97 Å². The molecule has 0 aliphatic carbocycles. The standard InChI is InChI=1S/C16H23NO2/c18-16(19)9-5-13-17-12-4-8-15(17)11-10-14-6-2-1-3-7-14/h1-3,6-7,15H,4-5,8-13H2,(H,18,19). The van der Waals surface area contributed by atoms with Crippen LogP contribution in [0.25, 0.3) is 0 Å². The molecule has 1 atom stereocenters. The minimum atomic E-state index is -0.681. The molecule has 0 radical (unpaired) electrons. The molecule has 0 aromatic heterocycles. The maximum atomic E-state index is 10.5. The zero-order valence-electron chi connectivity index (χ0n) is 11.4. The smallest absolute Gasteiger partial charge is 0.303 e. The van der Waals surface area contributed by atoms with E-state index in [4.69, 9.17) is 5.11 Å². The quantitative estimate of drug-likeness (QED) is 0.820. The van der Waals surface area contributed by atoms with E-state index in [9.17, 15) is 4.79 Å². The van der Waals surface area contributed by atoms with Crippen LogP contribution >= 0.6 is 0 Å². The predicted octanol–water partition coefficient (Wildman–Crippen LogP) is 2.95. The Morgan fingerprint density at radius 3 is 2.84 bits per heavy atom. The summed E-state index contributed by atoms with van der Waals surface area (Å²) in [4.78, 5) is 13.0. The van der Waals surface area contributed by atoms with E-state index in [0.29, 0.717) is 12.5 Å². The summed E-state index contributed by atoms with van der Waals surface area (Å²) in [7, 11) is 0.